The maximum atomic E-state index is 12.8. The first-order valence-electron chi connectivity index (χ1n) is 7.34. The van der Waals surface area contributed by atoms with Gasteiger partial charge in [0.2, 0.25) is 0 Å². The van der Waals surface area contributed by atoms with E-state index in [-0.39, 0.29) is 11.9 Å². The van der Waals surface area contributed by atoms with Gasteiger partial charge in [0.25, 0.3) is 0 Å². The van der Waals surface area contributed by atoms with Crippen LogP contribution in [0.1, 0.15) is 25.0 Å². The highest BCUT2D eigenvalue weighted by Crippen LogP contribution is 2.14. The predicted octanol–water partition coefficient (Wildman–Crippen LogP) is 3.95. The van der Waals surface area contributed by atoms with Crippen LogP contribution >= 0.6 is 0 Å². The summed E-state index contributed by atoms with van der Waals surface area (Å²) in [6.45, 7) is 5.71. The van der Waals surface area contributed by atoms with E-state index >= 15 is 0 Å². The number of halogens is 1. The van der Waals surface area contributed by atoms with Gasteiger partial charge in [-0.15, -0.1) is 0 Å². The molecule has 0 fully saturated rings. The van der Waals surface area contributed by atoms with E-state index in [1.165, 1.54) is 17.7 Å². The van der Waals surface area contributed by atoms with Gasteiger partial charge in [-0.25, -0.2) is 4.39 Å². The Balaban J connectivity index is 1.76. The van der Waals surface area contributed by atoms with Gasteiger partial charge in [0.05, 0.1) is 6.10 Å². The molecule has 2 aromatic carbocycles. The lowest BCUT2D eigenvalue weighted by Crippen LogP contribution is -2.16. The summed E-state index contributed by atoms with van der Waals surface area (Å²) >= 11 is 0. The second-order valence-corrected chi connectivity index (χ2v) is 5.37. The summed E-state index contributed by atoms with van der Waals surface area (Å²) < 4.78 is 18.5. The van der Waals surface area contributed by atoms with Crippen molar-refractivity contribution >= 4 is 0 Å². The second-order valence-electron chi connectivity index (χ2n) is 5.37. The minimum Gasteiger partial charge on any atom is -0.491 e. The van der Waals surface area contributed by atoms with E-state index < -0.39 is 0 Å². The van der Waals surface area contributed by atoms with Crippen LogP contribution in [0.4, 0.5) is 4.39 Å². The van der Waals surface area contributed by atoms with Crippen molar-refractivity contribution < 1.29 is 9.13 Å². The normalized spacial score (nSPS) is 10.9. The largest absolute Gasteiger partial charge is 0.491 e. The van der Waals surface area contributed by atoms with Crippen molar-refractivity contribution in [2.24, 2.45) is 0 Å². The minimum atomic E-state index is -0.186. The Labute approximate surface area is 126 Å². The number of benzene rings is 2. The maximum Gasteiger partial charge on any atom is 0.123 e. The number of hydrogen-bond donors (Lipinski definition) is 1. The van der Waals surface area contributed by atoms with Gasteiger partial charge in [-0.05, 0) is 62.2 Å². The lowest BCUT2D eigenvalue weighted by Gasteiger charge is -2.11. The highest BCUT2D eigenvalue weighted by Gasteiger charge is 2.00. The van der Waals surface area contributed by atoms with Crippen molar-refractivity contribution in [2.75, 3.05) is 6.54 Å². The van der Waals surface area contributed by atoms with Crippen LogP contribution in [0.3, 0.4) is 0 Å². The Hall–Kier alpha value is -1.87. The average Bonchev–Trinajstić information content (AvgIpc) is 2.45. The molecular formula is C18H22FNO. The molecular weight excluding hydrogens is 265 g/mol. The molecule has 0 saturated carbocycles. The maximum absolute atomic E-state index is 12.8. The molecule has 0 heterocycles. The van der Waals surface area contributed by atoms with Crippen LogP contribution in [-0.2, 0) is 13.0 Å². The van der Waals surface area contributed by atoms with Crippen LogP contribution in [0.5, 0.6) is 5.75 Å². The molecule has 0 spiro atoms. The molecule has 0 bridgehead atoms. The fraction of sp³-hybridized carbons (Fsp3) is 0.333. The van der Waals surface area contributed by atoms with E-state index in [0.29, 0.717) is 0 Å². The summed E-state index contributed by atoms with van der Waals surface area (Å²) in [5.41, 5.74) is 2.34. The Kier molecular flexibility index (Phi) is 5.76. The fourth-order valence-electron chi connectivity index (χ4n) is 2.12. The summed E-state index contributed by atoms with van der Waals surface area (Å²) in [5.74, 6) is 0.719. The minimum absolute atomic E-state index is 0.186. The van der Waals surface area contributed by atoms with E-state index in [0.717, 1.165) is 30.8 Å². The lowest BCUT2D eigenvalue weighted by atomic mass is 10.1. The first-order chi connectivity index (χ1) is 10.1. The summed E-state index contributed by atoms with van der Waals surface area (Å²) in [7, 11) is 0. The molecule has 2 rings (SSSR count). The molecule has 0 atom stereocenters. The highest BCUT2D eigenvalue weighted by atomic mass is 19.1. The van der Waals surface area contributed by atoms with Gasteiger partial charge in [0.15, 0.2) is 0 Å². The quantitative estimate of drug-likeness (QED) is 0.779. The molecule has 0 unspecified atom stereocenters. The van der Waals surface area contributed by atoms with Crippen LogP contribution in [0.15, 0.2) is 48.5 Å². The topological polar surface area (TPSA) is 21.3 Å². The van der Waals surface area contributed by atoms with E-state index in [2.05, 4.69) is 17.4 Å². The Bertz CT molecular complexity index is 551. The van der Waals surface area contributed by atoms with Crippen molar-refractivity contribution in [3.8, 4) is 5.75 Å². The molecule has 0 aliphatic rings. The number of hydrogen-bond acceptors (Lipinski definition) is 2. The van der Waals surface area contributed by atoms with Gasteiger partial charge in [-0.2, -0.15) is 0 Å². The van der Waals surface area contributed by atoms with E-state index in [4.69, 9.17) is 4.74 Å². The van der Waals surface area contributed by atoms with Crippen molar-refractivity contribution in [1.29, 1.82) is 0 Å². The Morgan fingerprint density at radius 3 is 2.52 bits per heavy atom. The lowest BCUT2D eigenvalue weighted by molar-refractivity contribution is 0.242. The van der Waals surface area contributed by atoms with Gasteiger partial charge in [-0.3, -0.25) is 0 Å². The SMILES string of the molecule is CC(C)Oc1cccc(CNCCc2ccc(F)cc2)c1. The first-order valence-corrected chi connectivity index (χ1v) is 7.34. The third-order valence-electron chi connectivity index (χ3n) is 3.10. The molecule has 3 heteroatoms. The Morgan fingerprint density at radius 1 is 1.05 bits per heavy atom. The zero-order valence-electron chi connectivity index (χ0n) is 12.6. The molecule has 1 N–H and O–H groups in total. The van der Waals surface area contributed by atoms with Crippen molar-refractivity contribution in [3.05, 3.63) is 65.5 Å². The zero-order chi connectivity index (χ0) is 15.1. The van der Waals surface area contributed by atoms with Crippen LogP contribution < -0.4 is 10.1 Å². The Morgan fingerprint density at radius 2 is 1.81 bits per heavy atom. The third-order valence-corrected chi connectivity index (χ3v) is 3.10. The van der Waals surface area contributed by atoms with Crippen LogP contribution in [0.25, 0.3) is 0 Å². The van der Waals surface area contributed by atoms with E-state index in [9.17, 15) is 4.39 Å². The molecule has 0 radical (unpaired) electrons. The van der Waals surface area contributed by atoms with E-state index in [1.54, 1.807) is 0 Å². The molecule has 21 heavy (non-hydrogen) atoms. The second kappa shape index (κ2) is 7.79. The van der Waals surface area contributed by atoms with Crippen molar-refractivity contribution in [3.63, 3.8) is 0 Å². The number of rotatable bonds is 7. The number of nitrogens with one attached hydrogen (secondary N) is 1. The first kappa shape index (κ1) is 15.5. The highest BCUT2D eigenvalue weighted by molar-refractivity contribution is 5.28. The van der Waals surface area contributed by atoms with Crippen molar-refractivity contribution in [1.82, 2.24) is 5.32 Å². The molecule has 0 aliphatic carbocycles. The molecule has 0 amide bonds. The number of ether oxygens (including phenoxy) is 1. The summed E-state index contributed by atoms with van der Waals surface area (Å²) in [4.78, 5) is 0. The van der Waals surface area contributed by atoms with Gasteiger partial charge in [0.1, 0.15) is 11.6 Å². The molecule has 2 nitrogen and oxygen atoms in total. The van der Waals surface area contributed by atoms with Crippen molar-refractivity contribution in [2.45, 2.75) is 32.9 Å². The standard InChI is InChI=1S/C18H22FNO/c1-14(2)21-18-5-3-4-16(12-18)13-20-11-10-15-6-8-17(19)9-7-15/h3-9,12,14,20H,10-11,13H2,1-2H3. The van der Waals surface area contributed by atoms with E-state index in [1.807, 2.05) is 38.1 Å². The van der Waals surface area contributed by atoms with Crippen LogP contribution in [0.2, 0.25) is 0 Å². The monoisotopic (exact) mass is 287 g/mol. The zero-order valence-corrected chi connectivity index (χ0v) is 12.6. The van der Waals surface area contributed by atoms with Gasteiger partial charge in [-0.1, -0.05) is 24.3 Å². The summed E-state index contributed by atoms with van der Waals surface area (Å²) in [6, 6.07) is 14.8. The summed E-state index contributed by atoms with van der Waals surface area (Å²) in [6.07, 6.45) is 1.08. The smallest absolute Gasteiger partial charge is 0.123 e. The fourth-order valence-corrected chi connectivity index (χ4v) is 2.12. The molecule has 112 valence electrons. The molecule has 2 aromatic rings. The van der Waals surface area contributed by atoms with Gasteiger partial charge >= 0.3 is 0 Å². The predicted molar refractivity (Wildman–Crippen MR) is 84.0 cm³/mol. The van der Waals surface area contributed by atoms with Crippen LogP contribution in [-0.4, -0.2) is 12.6 Å². The van der Waals surface area contributed by atoms with Gasteiger partial charge < -0.3 is 10.1 Å². The third kappa shape index (κ3) is 5.56. The average molecular weight is 287 g/mol. The van der Waals surface area contributed by atoms with Gasteiger partial charge in [0, 0.05) is 6.54 Å². The summed E-state index contributed by atoms with van der Waals surface area (Å²) in [5, 5.41) is 3.40. The molecule has 0 aliphatic heterocycles. The van der Waals surface area contributed by atoms with Crippen LogP contribution in [0, 0.1) is 5.82 Å². The molecule has 0 aromatic heterocycles. The molecule has 0 saturated heterocycles.